The number of carboxylic acids is 3. The van der Waals surface area contributed by atoms with Gasteiger partial charge in [0.2, 0.25) is 0 Å². The zero-order chi connectivity index (χ0) is 37.8. The summed E-state index contributed by atoms with van der Waals surface area (Å²) >= 11 is 0. The molecule has 18 N–H and O–H groups in total. The minimum atomic E-state index is -0.981. The molecule has 21 nitrogen and oxygen atoms in total. The van der Waals surface area contributed by atoms with Crippen LogP contribution in [0.3, 0.4) is 0 Å². The van der Waals surface area contributed by atoms with Gasteiger partial charge in [0.25, 0.3) is 0 Å². The fourth-order valence-electron chi connectivity index (χ4n) is 0.289. The second kappa shape index (κ2) is 56.8. The van der Waals surface area contributed by atoms with Gasteiger partial charge in [-0.3, -0.25) is 0 Å². The van der Waals surface area contributed by atoms with Gasteiger partial charge < -0.3 is 91.9 Å². The van der Waals surface area contributed by atoms with Crippen molar-refractivity contribution in [3.8, 4) is 0 Å². The number of carbonyl (C=O) groups is 3. The molecule has 0 spiro atoms. The van der Waals surface area contributed by atoms with Crippen molar-refractivity contribution >= 4 is 17.9 Å². The van der Waals surface area contributed by atoms with Crippen molar-refractivity contribution in [1.29, 1.82) is 0 Å². The molecule has 0 heterocycles. The fraction of sp³-hybridized carbons (Fsp3) is 0.625. The molecule has 0 saturated heterocycles. The average Bonchev–Trinajstić information content (AvgIpc) is 3.07. The van der Waals surface area contributed by atoms with Gasteiger partial charge in [-0.1, -0.05) is 19.7 Å². The zero-order valence-electron chi connectivity index (χ0n) is 24.6. The number of hydrogen-bond donors (Lipinski definition) is 18. The Hall–Kier alpha value is -2.97. The molecule has 0 fully saturated rings. The molecule has 0 bridgehead atoms. The van der Waals surface area contributed by atoms with Crippen molar-refractivity contribution in [2.24, 2.45) is 0 Å². The van der Waals surface area contributed by atoms with Gasteiger partial charge in [0.1, 0.15) is 30.5 Å². The first kappa shape index (κ1) is 61.1. The van der Waals surface area contributed by atoms with E-state index in [2.05, 4.69) is 19.7 Å². The molecular formula is C24H52O21. The van der Waals surface area contributed by atoms with Crippen molar-refractivity contribution in [3.63, 3.8) is 0 Å². The topological polar surface area (TPSA) is 415 Å². The van der Waals surface area contributed by atoms with Gasteiger partial charge in [0.15, 0.2) is 0 Å². The van der Waals surface area contributed by atoms with E-state index in [-0.39, 0.29) is 66.1 Å². The molecule has 0 radical (unpaired) electrons. The van der Waals surface area contributed by atoms with E-state index in [1.807, 2.05) is 0 Å². The Morgan fingerprint density at radius 1 is 0.356 bits per heavy atom. The number of aliphatic hydroxyl groups is 15. The van der Waals surface area contributed by atoms with Crippen molar-refractivity contribution in [2.45, 2.75) is 30.5 Å². The van der Waals surface area contributed by atoms with Gasteiger partial charge in [-0.05, 0) is 0 Å². The lowest BCUT2D eigenvalue weighted by Gasteiger charge is -1.96. The molecule has 0 aromatic heterocycles. The second-order valence-corrected chi connectivity index (χ2v) is 6.72. The van der Waals surface area contributed by atoms with Crippen LogP contribution in [0.25, 0.3) is 0 Å². The third-order valence-corrected chi connectivity index (χ3v) is 2.63. The number of rotatable bonds is 13. The van der Waals surface area contributed by atoms with Gasteiger partial charge in [0.05, 0.1) is 66.1 Å². The largest absolute Gasteiger partial charge is 0.478 e. The molecule has 0 aliphatic rings. The summed E-state index contributed by atoms with van der Waals surface area (Å²) < 4.78 is 0. The average molecular weight is 677 g/mol. The van der Waals surface area contributed by atoms with Gasteiger partial charge in [-0.15, -0.1) is 0 Å². The number of carboxylic acid groups (broad SMARTS) is 3. The van der Waals surface area contributed by atoms with Gasteiger partial charge in [-0.2, -0.15) is 0 Å². The normalized spacial score (nSPS) is 8.80. The van der Waals surface area contributed by atoms with E-state index < -0.39 is 48.4 Å². The highest BCUT2D eigenvalue weighted by atomic mass is 16.4. The van der Waals surface area contributed by atoms with Crippen molar-refractivity contribution in [2.75, 3.05) is 66.1 Å². The van der Waals surface area contributed by atoms with E-state index in [1.165, 1.54) is 0 Å². The molecule has 21 heteroatoms. The van der Waals surface area contributed by atoms with E-state index >= 15 is 0 Å². The lowest BCUT2D eigenvalue weighted by Crippen LogP contribution is -2.15. The Morgan fingerprint density at radius 2 is 0.422 bits per heavy atom. The predicted molar refractivity (Wildman–Crippen MR) is 154 cm³/mol. The minimum Gasteiger partial charge on any atom is -0.478 e. The maximum atomic E-state index is 9.25. The molecule has 0 rings (SSSR count). The summed E-state index contributed by atoms with van der Waals surface area (Å²) in [6, 6.07) is 0. The number of aliphatic carboxylic acids is 3. The number of aliphatic hydroxyl groups excluding tert-OH is 15. The third-order valence-electron chi connectivity index (χ3n) is 2.63. The summed E-state index contributed by atoms with van der Waals surface area (Å²) in [6.45, 7) is 5.24. The van der Waals surface area contributed by atoms with Crippen LogP contribution >= 0.6 is 0 Å². The smallest absolute Gasteiger partial charge is 0.327 e. The van der Waals surface area contributed by atoms with Crippen LogP contribution in [0.15, 0.2) is 38.0 Å². The first-order valence-corrected chi connectivity index (χ1v) is 11.9. The molecule has 274 valence electrons. The van der Waals surface area contributed by atoms with Gasteiger partial charge in [0, 0.05) is 18.2 Å². The Labute approximate surface area is 259 Å². The Balaban J connectivity index is -0.0000000580. The Bertz CT molecular complexity index is 499. The standard InChI is InChI=1S/5C3H8O3.3C3H4O2/c5*4-1-3(6)2-5;3*1-2-3(4)5/h5*3-6H,1-2H2;3*2H,1H2,(H,4,5). The van der Waals surface area contributed by atoms with Crippen molar-refractivity contribution in [3.05, 3.63) is 38.0 Å². The van der Waals surface area contributed by atoms with Crippen molar-refractivity contribution < 1.29 is 106 Å². The van der Waals surface area contributed by atoms with Crippen LogP contribution in [0, 0.1) is 0 Å². The van der Waals surface area contributed by atoms with Crippen LogP contribution in [-0.2, 0) is 14.4 Å². The SMILES string of the molecule is C=CC(=O)O.C=CC(=O)O.C=CC(=O)O.OCC(O)CO.OCC(O)CO.OCC(O)CO.OCC(O)CO.OCC(O)CO. The van der Waals surface area contributed by atoms with Gasteiger partial charge >= 0.3 is 17.9 Å². The summed E-state index contributed by atoms with van der Waals surface area (Å²) in [5, 5.41) is 143. The molecule has 0 aliphatic carbocycles. The highest BCUT2D eigenvalue weighted by Gasteiger charge is 1.95. The third kappa shape index (κ3) is 118. The Kier molecular flexibility index (Phi) is 77.1. The molecular weight excluding hydrogens is 624 g/mol. The second-order valence-electron chi connectivity index (χ2n) is 6.72. The van der Waals surface area contributed by atoms with Crippen LogP contribution in [0.4, 0.5) is 0 Å². The molecule has 45 heavy (non-hydrogen) atoms. The maximum absolute atomic E-state index is 9.25. The molecule has 0 aromatic rings. The molecule has 0 aliphatic heterocycles. The fourth-order valence-corrected chi connectivity index (χ4v) is 0.289. The quantitative estimate of drug-likeness (QED) is 0.0805. The van der Waals surface area contributed by atoms with E-state index in [1.54, 1.807) is 0 Å². The van der Waals surface area contributed by atoms with Crippen LogP contribution in [0.5, 0.6) is 0 Å². The lowest BCUT2D eigenvalue weighted by molar-refractivity contribution is -0.132. The number of hydrogen-bond acceptors (Lipinski definition) is 18. The summed E-state index contributed by atoms with van der Waals surface area (Å²) in [7, 11) is 0. The lowest BCUT2D eigenvalue weighted by atomic mass is 10.4. The van der Waals surface area contributed by atoms with Gasteiger partial charge in [-0.25, -0.2) is 14.4 Å². The van der Waals surface area contributed by atoms with Crippen LogP contribution < -0.4 is 0 Å². The van der Waals surface area contributed by atoms with Crippen LogP contribution in [0.2, 0.25) is 0 Å². The summed E-state index contributed by atoms with van der Waals surface area (Å²) in [5.74, 6) is -2.94. The van der Waals surface area contributed by atoms with Crippen LogP contribution in [-0.4, -0.2) is 206 Å². The van der Waals surface area contributed by atoms with E-state index in [4.69, 9.17) is 91.9 Å². The van der Waals surface area contributed by atoms with E-state index in [9.17, 15) is 14.4 Å². The monoisotopic (exact) mass is 676 g/mol. The molecule has 0 unspecified atom stereocenters. The van der Waals surface area contributed by atoms with E-state index in [0.29, 0.717) is 0 Å². The first-order valence-electron chi connectivity index (χ1n) is 11.9. The van der Waals surface area contributed by atoms with Crippen LogP contribution in [0.1, 0.15) is 0 Å². The Morgan fingerprint density at radius 3 is 0.422 bits per heavy atom. The highest BCUT2D eigenvalue weighted by Crippen LogP contribution is 1.74. The summed E-state index contributed by atoms with van der Waals surface area (Å²) in [4.78, 5) is 27.8. The highest BCUT2D eigenvalue weighted by molar-refractivity contribution is 5.79. The first-order chi connectivity index (χ1) is 20.9. The zero-order valence-corrected chi connectivity index (χ0v) is 24.6. The summed E-state index contributed by atoms with van der Waals surface area (Å²) in [6.07, 6.45) is -2.27. The molecule has 0 amide bonds. The summed E-state index contributed by atoms with van der Waals surface area (Å²) in [5.41, 5.74) is 0. The molecule has 0 atom stereocenters. The predicted octanol–water partition coefficient (Wildman–Crippen LogP) is -7.57. The van der Waals surface area contributed by atoms with E-state index in [0.717, 1.165) is 18.2 Å². The molecule has 0 aromatic carbocycles. The minimum absolute atomic E-state index is 0.365. The van der Waals surface area contributed by atoms with Crippen molar-refractivity contribution in [1.82, 2.24) is 0 Å². The maximum Gasteiger partial charge on any atom is 0.327 e. The molecule has 0 saturated carbocycles.